The highest BCUT2D eigenvalue weighted by atomic mass is 16.5. The molecule has 0 amide bonds. The summed E-state index contributed by atoms with van der Waals surface area (Å²) in [5.41, 5.74) is 2.61. The van der Waals surface area contributed by atoms with Crippen LogP contribution in [0.25, 0.3) is 11.3 Å². The zero-order chi connectivity index (χ0) is 23.7. The summed E-state index contributed by atoms with van der Waals surface area (Å²) in [7, 11) is 3.46. The predicted octanol–water partition coefficient (Wildman–Crippen LogP) is 2.99. The maximum Gasteiger partial charge on any atom is 0.228 e. The van der Waals surface area contributed by atoms with Crippen LogP contribution in [0.15, 0.2) is 60.9 Å². The molecule has 1 aliphatic rings. The van der Waals surface area contributed by atoms with Crippen LogP contribution in [-0.4, -0.2) is 43.9 Å². The van der Waals surface area contributed by atoms with E-state index in [4.69, 9.17) is 20.3 Å². The van der Waals surface area contributed by atoms with Crippen molar-refractivity contribution < 1.29 is 9.47 Å². The van der Waals surface area contributed by atoms with E-state index < -0.39 is 0 Å². The highest BCUT2D eigenvalue weighted by molar-refractivity contribution is 5.87. The Hall–Kier alpha value is -4.47. The molecule has 172 valence electrons. The molecule has 1 unspecified atom stereocenters. The minimum Gasteiger partial charge on any atom is -0.497 e. The first-order valence-corrected chi connectivity index (χ1v) is 10.8. The fraction of sp³-hybridized carbons (Fsp3) is 0.208. The van der Waals surface area contributed by atoms with E-state index in [1.165, 1.54) is 4.57 Å². The number of anilines is 2. The fourth-order valence-corrected chi connectivity index (χ4v) is 3.91. The molecular weight excluding hydrogens is 432 g/mol. The van der Waals surface area contributed by atoms with Crippen molar-refractivity contribution in [3.8, 4) is 22.9 Å². The zero-order valence-corrected chi connectivity index (χ0v) is 18.8. The smallest absolute Gasteiger partial charge is 0.228 e. The van der Waals surface area contributed by atoms with E-state index in [9.17, 15) is 0 Å². The molecule has 0 fully saturated rings. The number of ether oxygens (including phenoxy) is 2. The molecule has 4 heterocycles. The molecule has 10 nitrogen and oxygen atoms in total. The van der Waals surface area contributed by atoms with Crippen LogP contribution < -0.4 is 20.3 Å². The molecule has 4 aromatic rings. The van der Waals surface area contributed by atoms with Crippen molar-refractivity contribution in [3.05, 3.63) is 72.0 Å². The predicted molar refractivity (Wildman–Crippen MR) is 127 cm³/mol. The normalized spacial score (nSPS) is 14.9. The van der Waals surface area contributed by atoms with E-state index in [0.29, 0.717) is 41.9 Å². The van der Waals surface area contributed by atoms with E-state index in [1.807, 2.05) is 43.4 Å². The Morgan fingerprint density at radius 1 is 1.12 bits per heavy atom. The lowest BCUT2D eigenvalue weighted by Gasteiger charge is -2.28. The summed E-state index contributed by atoms with van der Waals surface area (Å²) >= 11 is 0. The fourth-order valence-electron chi connectivity index (χ4n) is 3.91. The topological polar surface area (TPSA) is 127 Å². The number of aromatic nitrogens is 5. The SMILES string of the molecule is COc1ccc(CC2COc3cc(-c4ccnc(Nc5ccnn5C)n4)cc(=N)n3C2=N)cc1. The van der Waals surface area contributed by atoms with Gasteiger partial charge in [-0.15, -0.1) is 0 Å². The van der Waals surface area contributed by atoms with Gasteiger partial charge in [0.1, 0.15) is 29.5 Å². The molecule has 0 bridgehead atoms. The first-order chi connectivity index (χ1) is 16.5. The average molecular weight is 457 g/mol. The van der Waals surface area contributed by atoms with Crippen LogP contribution in [0.1, 0.15) is 5.56 Å². The van der Waals surface area contributed by atoms with E-state index in [-0.39, 0.29) is 11.4 Å². The van der Waals surface area contributed by atoms with Gasteiger partial charge in [-0.1, -0.05) is 12.1 Å². The molecule has 0 saturated heterocycles. The van der Waals surface area contributed by atoms with Gasteiger partial charge in [0.15, 0.2) is 0 Å². The van der Waals surface area contributed by atoms with Crippen LogP contribution in [0.2, 0.25) is 0 Å². The standard InChI is InChI=1S/C24H24N8O2/c1-31-21(8-10-28-31)30-24-27-9-7-19(29-24)16-12-20(25)32-22(13-16)34-14-17(23(32)26)11-15-3-5-18(33-2)6-4-15/h3-10,12-13,17,25-26H,11,14H2,1-2H3,(H,27,29,30). The Balaban J connectivity index is 1.39. The molecule has 1 aromatic carbocycles. The first-order valence-electron chi connectivity index (χ1n) is 10.8. The number of rotatable bonds is 6. The molecule has 5 rings (SSSR count). The van der Waals surface area contributed by atoms with Gasteiger partial charge in [0.05, 0.1) is 24.9 Å². The molecule has 0 saturated carbocycles. The maximum absolute atomic E-state index is 8.73. The Labute approximate surface area is 195 Å². The third kappa shape index (κ3) is 4.13. The van der Waals surface area contributed by atoms with Gasteiger partial charge in [-0.05, 0) is 36.2 Å². The van der Waals surface area contributed by atoms with Gasteiger partial charge in [-0.3, -0.25) is 20.1 Å². The average Bonchev–Trinajstić information content (AvgIpc) is 3.25. The van der Waals surface area contributed by atoms with Crippen LogP contribution in [0.5, 0.6) is 11.6 Å². The largest absolute Gasteiger partial charge is 0.497 e. The van der Waals surface area contributed by atoms with Gasteiger partial charge >= 0.3 is 0 Å². The van der Waals surface area contributed by atoms with E-state index in [2.05, 4.69) is 20.4 Å². The van der Waals surface area contributed by atoms with Crippen molar-refractivity contribution in [2.75, 3.05) is 19.0 Å². The van der Waals surface area contributed by atoms with Gasteiger partial charge < -0.3 is 14.8 Å². The first kappa shape index (κ1) is 21.4. The molecule has 34 heavy (non-hydrogen) atoms. The van der Waals surface area contributed by atoms with Gasteiger partial charge in [-0.2, -0.15) is 5.10 Å². The number of benzene rings is 1. The number of hydrogen-bond donors (Lipinski definition) is 3. The summed E-state index contributed by atoms with van der Waals surface area (Å²) in [6, 6.07) is 14.9. The van der Waals surface area contributed by atoms with Crippen LogP contribution in [0, 0.1) is 16.7 Å². The number of nitrogens with one attached hydrogen (secondary N) is 3. The molecule has 0 radical (unpaired) electrons. The van der Waals surface area contributed by atoms with Crippen molar-refractivity contribution in [2.45, 2.75) is 6.42 Å². The minimum atomic E-state index is -0.158. The van der Waals surface area contributed by atoms with E-state index in [0.717, 1.165) is 17.1 Å². The van der Waals surface area contributed by atoms with E-state index >= 15 is 0 Å². The maximum atomic E-state index is 8.73. The second-order valence-electron chi connectivity index (χ2n) is 7.98. The summed E-state index contributed by atoms with van der Waals surface area (Å²) in [5.74, 6) is 2.62. The van der Waals surface area contributed by atoms with E-state index in [1.54, 1.807) is 36.3 Å². The van der Waals surface area contributed by atoms with Crippen LogP contribution >= 0.6 is 0 Å². The highest BCUT2D eigenvalue weighted by Gasteiger charge is 2.26. The van der Waals surface area contributed by atoms with Crippen LogP contribution in [-0.2, 0) is 13.5 Å². The lowest BCUT2D eigenvalue weighted by atomic mass is 9.97. The third-order valence-corrected chi connectivity index (χ3v) is 5.75. The molecule has 1 atom stereocenters. The van der Waals surface area contributed by atoms with Crippen molar-refractivity contribution in [3.63, 3.8) is 0 Å². The van der Waals surface area contributed by atoms with Crippen molar-refractivity contribution in [1.29, 1.82) is 10.8 Å². The molecular formula is C24H24N8O2. The summed E-state index contributed by atoms with van der Waals surface area (Å²) in [4.78, 5) is 8.85. The Morgan fingerprint density at radius 3 is 2.68 bits per heavy atom. The quantitative estimate of drug-likeness (QED) is 0.409. The number of nitrogens with zero attached hydrogens (tertiary/aromatic N) is 5. The Bertz CT molecular complexity index is 1410. The van der Waals surface area contributed by atoms with Crippen molar-refractivity contribution >= 4 is 17.6 Å². The summed E-state index contributed by atoms with van der Waals surface area (Å²) in [5, 5.41) is 24.6. The number of fused-ring (bicyclic) bond motifs is 1. The van der Waals surface area contributed by atoms with Crippen molar-refractivity contribution in [2.24, 2.45) is 13.0 Å². The Morgan fingerprint density at radius 2 is 1.94 bits per heavy atom. The van der Waals surface area contributed by atoms with Crippen LogP contribution in [0.4, 0.5) is 11.8 Å². The highest BCUT2D eigenvalue weighted by Crippen LogP contribution is 2.27. The molecule has 1 aliphatic heterocycles. The van der Waals surface area contributed by atoms with Crippen LogP contribution in [0.3, 0.4) is 0 Å². The minimum absolute atomic E-state index is 0.158. The van der Waals surface area contributed by atoms with Crippen molar-refractivity contribution in [1.82, 2.24) is 24.3 Å². The molecule has 3 aromatic heterocycles. The Kier molecular flexibility index (Phi) is 5.54. The number of hydrogen-bond acceptors (Lipinski definition) is 8. The van der Waals surface area contributed by atoms with Gasteiger partial charge in [0, 0.05) is 30.9 Å². The number of pyridine rings is 1. The summed E-state index contributed by atoms with van der Waals surface area (Å²) in [6.07, 6.45) is 3.99. The molecule has 10 heteroatoms. The number of methoxy groups -OCH3 is 1. The molecule has 3 N–H and O–H groups in total. The zero-order valence-electron chi connectivity index (χ0n) is 18.8. The lowest BCUT2D eigenvalue weighted by Crippen LogP contribution is -2.40. The van der Waals surface area contributed by atoms with Gasteiger partial charge in [0.25, 0.3) is 0 Å². The summed E-state index contributed by atoms with van der Waals surface area (Å²) < 4.78 is 14.4. The van der Waals surface area contributed by atoms with Gasteiger partial charge in [0.2, 0.25) is 11.8 Å². The summed E-state index contributed by atoms with van der Waals surface area (Å²) in [6.45, 7) is 0.366. The lowest BCUT2D eigenvalue weighted by molar-refractivity contribution is 0.244. The second-order valence-corrected chi connectivity index (χ2v) is 7.98. The van der Waals surface area contributed by atoms with Gasteiger partial charge in [-0.25, -0.2) is 9.97 Å². The molecule has 0 aliphatic carbocycles. The third-order valence-electron chi connectivity index (χ3n) is 5.75. The monoisotopic (exact) mass is 456 g/mol. The molecule has 0 spiro atoms. The number of aryl methyl sites for hydroxylation is 1. The second kappa shape index (κ2) is 8.81.